The highest BCUT2D eigenvalue weighted by Gasteiger charge is 2.56. The fraction of sp³-hybridized carbons (Fsp3) is 1.00. The average molecular weight is 292 g/mol. The Balaban J connectivity index is 1.82. The van der Waals surface area contributed by atoms with Gasteiger partial charge in [0.25, 0.3) is 0 Å². The molecule has 0 heterocycles. The average Bonchev–Trinajstić information content (AvgIpc) is 2.46. The van der Waals surface area contributed by atoms with E-state index < -0.39 is 0 Å². The van der Waals surface area contributed by atoms with E-state index in [0.29, 0.717) is 10.8 Å². The van der Waals surface area contributed by atoms with E-state index in [1.807, 2.05) is 0 Å². The molecule has 0 bridgehead atoms. The van der Waals surface area contributed by atoms with Crippen LogP contribution in [0.25, 0.3) is 0 Å². The molecular weight excluding hydrogens is 254 g/mol. The summed E-state index contributed by atoms with van der Waals surface area (Å²) >= 11 is 0. The van der Waals surface area contributed by atoms with Crippen molar-refractivity contribution in [3.05, 3.63) is 0 Å². The molecule has 0 aromatic carbocycles. The third-order valence-corrected chi connectivity index (χ3v) is 8.21. The Morgan fingerprint density at radius 1 is 1.05 bits per heavy atom. The van der Waals surface area contributed by atoms with Crippen LogP contribution in [0.15, 0.2) is 0 Å². The predicted molar refractivity (Wildman–Crippen MR) is 91.0 cm³/mol. The van der Waals surface area contributed by atoms with Gasteiger partial charge in [-0.25, -0.2) is 0 Å². The highest BCUT2D eigenvalue weighted by atomic mass is 14.7. The molecule has 0 amide bonds. The molecule has 3 aliphatic rings. The van der Waals surface area contributed by atoms with E-state index in [4.69, 9.17) is 5.73 Å². The molecule has 0 spiro atoms. The van der Waals surface area contributed by atoms with Crippen molar-refractivity contribution in [1.82, 2.24) is 0 Å². The summed E-state index contributed by atoms with van der Waals surface area (Å²) in [7, 11) is 0. The second-order valence-corrected chi connectivity index (χ2v) is 9.53. The van der Waals surface area contributed by atoms with Crippen LogP contribution >= 0.6 is 0 Å². The summed E-state index contributed by atoms with van der Waals surface area (Å²) in [5.41, 5.74) is 7.25. The van der Waals surface area contributed by atoms with Gasteiger partial charge in [-0.3, -0.25) is 0 Å². The van der Waals surface area contributed by atoms with Crippen LogP contribution in [0.5, 0.6) is 0 Å². The summed E-state index contributed by atoms with van der Waals surface area (Å²) in [6.45, 7) is 10.9. The van der Waals surface area contributed by atoms with E-state index in [9.17, 15) is 0 Å². The summed E-state index contributed by atoms with van der Waals surface area (Å²) in [5.74, 6) is 4.79. The fourth-order valence-electron chi connectivity index (χ4n) is 6.86. The number of hydrogen-bond acceptors (Lipinski definition) is 1. The summed E-state index contributed by atoms with van der Waals surface area (Å²) in [4.78, 5) is 0. The van der Waals surface area contributed by atoms with Crippen LogP contribution in [0.2, 0.25) is 0 Å². The van der Waals surface area contributed by atoms with Crippen LogP contribution in [0.4, 0.5) is 0 Å². The largest absolute Gasteiger partial charge is 0.330 e. The minimum Gasteiger partial charge on any atom is -0.330 e. The molecule has 3 rings (SSSR count). The first-order valence-corrected chi connectivity index (χ1v) is 9.61. The van der Waals surface area contributed by atoms with Gasteiger partial charge in [0.05, 0.1) is 0 Å². The van der Waals surface area contributed by atoms with Gasteiger partial charge in [-0.1, -0.05) is 34.1 Å². The van der Waals surface area contributed by atoms with Crippen LogP contribution in [0.1, 0.15) is 79.1 Å². The zero-order valence-corrected chi connectivity index (χ0v) is 14.8. The minimum absolute atomic E-state index is 0.423. The van der Waals surface area contributed by atoms with Gasteiger partial charge in [-0.15, -0.1) is 0 Å². The van der Waals surface area contributed by atoms with Gasteiger partial charge in [0.2, 0.25) is 0 Å². The molecule has 3 saturated carbocycles. The number of hydrogen-bond donors (Lipinski definition) is 1. The summed E-state index contributed by atoms with van der Waals surface area (Å²) in [5, 5.41) is 0. The van der Waals surface area contributed by atoms with E-state index in [-0.39, 0.29) is 0 Å². The number of nitrogens with two attached hydrogens (primary N) is 1. The molecule has 3 aliphatic carbocycles. The van der Waals surface area contributed by atoms with Gasteiger partial charge in [0, 0.05) is 0 Å². The second-order valence-electron chi connectivity index (χ2n) is 9.53. The van der Waals surface area contributed by atoms with Gasteiger partial charge in [0.1, 0.15) is 0 Å². The zero-order valence-electron chi connectivity index (χ0n) is 14.8. The maximum absolute atomic E-state index is 6.23. The van der Waals surface area contributed by atoms with E-state index in [2.05, 4.69) is 27.7 Å². The lowest BCUT2D eigenvalue weighted by Crippen LogP contribution is -2.55. The number of fused-ring (bicyclic) bond motifs is 3. The first kappa shape index (κ1) is 15.8. The molecule has 122 valence electrons. The van der Waals surface area contributed by atoms with Gasteiger partial charge >= 0.3 is 0 Å². The molecule has 0 unspecified atom stereocenters. The van der Waals surface area contributed by atoms with E-state index in [1.165, 1.54) is 51.4 Å². The summed E-state index contributed by atoms with van der Waals surface area (Å²) in [6.07, 6.45) is 11.7. The lowest BCUT2D eigenvalue weighted by molar-refractivity contribution is -0.119. The quantitative estimate of drug-likeness (QED) is 0.739. The highest BCUT2D eigenvalue weighted by Crippen LogP contribution is 2.64. The molecule has 0 aromatic rings. The van der Waals surface area contributed by atoms with Gasteiger partial charge < -0.3 is 5.73 Å². The Hall–Kier alpha value is -0.0400. The molecule has 0 aromatic heterocycles. The Morgan fingerprint density at radius 3 is 2.48 bits per heavy atom. The predicted octanol–water partition coefficient (Wildman–Crippen LogP) is 5.24. The van der Waals surface area contributed by atoms with E-state index in [1.54, 1.807) is 0 Å². The monoisotopic (exact) mass is 291 g/mol. The normalized spacial score (nSPS) is 50.6. The van der Waals surface area contributed by atoms with Crippen molar-refractivity contribution in [3.8, 4) is 0 Å². The third kappa shape index (κ3) is 2.48. The van der Waals surface area contributed by atoms with Crippen LogP contribution < -0.4 is 5.73 Å². The smallest absolute Gasteiger partial charge is 0.00203 e. The Bertz CT molecular complexity index is 376. The van der Waals surface area contributed by atoms with Gasteiger partial charge in [0.15, 0.2) is 0 Å². The number of rotatable bonds is 2. The maximum atomic E-state index is 6.23. The first-order chi connectivity index (χ1) is 9.90. The summed E-state index contributed by atoms with van der Waals surface area (Å²) in [6, 6.07) is 0. The van der Waals surface area contributed by atoms with Crippen LogP contribution in [0.3, 0.4) is 0 Å². The zero-order chi connectivity index (χ0) is 15.3. The second kappa shape index (κ2) is 5.55. The SMILES string of the molecule is CC(C)[C@H]1CC[C@@H]2[C@H](CC[C@H]3[C@](C)(CN)CCC[C@]23C)C1. The molecule has 1 heteroatoms. The van der Waals surface area contributed by atoms with E-state index in [0.717, 1.165) is 36.1 Å². The molecule has 0 aliphatic heterocycles. The first-order valence-electron chi connectivity index (χ1n) is 9.61. The van der Waals surface area contributed by atoms with Gasteiger partial charge in [-0.05, 0) is 91.9 Å². The minimum atomic E-state index is 0.423. The third-order valence-electron chi connectivity index (χ3n) is 8.21. The van der Waals surface area contributed by atoms with Crippen LogP contribution in [-0.2, 0) is 0 Å². The van der Waals surface area contributed by atoms with Crippen molar-refractivity contribution in [3.63, 3.8) is 0 Å². The van der Waals surface area contributed by atoms with Crippen molar-refractivity contribution >= 4 is 0 Å². The van der Waals surface area contributed by atoms with Crippen molar-refractivity contribution in [2.45, 2.75) is 79.1 Å². The van der Waals surface area contributed by atoms with Crippen molar-refractivity contribution in [2.24, 2.45) is 46.2 Å². The Labute approximate surface area is 132 Å². The fourth-order valence-corrected chi connectivity index (χ4v) is 6.86. The molecule has 6 atom stereocenters. The topological polar surface area (TPSA) is 26.0 Å². The maximum Gasteiger partial charge on any atom is -0.00203 e. The lowest BCUT2D eigenvalue weighted by Gasteiger charge is -2.62. The highest BCUT2D eigenvalue weighted by molar-refractivity contribution is 5.06. The van der Waals surface area contributed by atoms with Crippen molar-refractivity contribution in [2.75, 3.05) is 6.54 Å². The Kier molecular flexibility index (Phi) is 4.19. The molecule has 21 heavy (non-hydrogen) atoms. The molecule has 2 N–H and O–H groups in total. The van der Waals surface area contributed by atoms with Crippen molar-refractivity contribution < 1.29 is 0 Å². The van der Waals surface area contributed by atoms with E-state index >= 15 is 0 Å². The lowest BCUT2D eigenvalue weighted by atomic mass is 9.43. The van der Waals surface area contributed by atoms with Crippen LogP contribution in [0, 0.1) is 40.4 Å². The molecular formula is C20H37N. The van der Waals surface area contributed by atoms with Crippen molar-refractivity contribution in [1.29, 1.82) is 0 Å². The van der Waals surface area contributed by atoms with Gasteiger partial charge in [-0.2, -0.15) is 0 Å². The molecule has 0 radical (unpaired) electrons. The molecule has 0 saturated heterocycles. The van der Waals surface area contributed by atoms with Crippen LogP contribution in [-0.4, -0.2) is 6.54 Å². The summed E-state index contributed by atoms with van der Waals surface area (Å²) < 4.78 is 0. The molecule has 1 nitrogen and oxygen atoms in total. The standard InChI is InChI=1S/C20H37N/c1-14(2)15-6-8-17-16(12-15)7-9-18-19(3,13-21)10-5-11-20(17,18)4/h14-18H,5-13,21H2,1-4H3/t15-,16+,17+,18-,19-,20+/m0/s1. The Morgan fingerprint density at radius 2 is 1.81 bits per heavy atom. The molecule has 3 fully saturated rings.